The van der Waals surface area contributed by atoms with Gasteiger partial charge in [-0.3, -0.25) is 0 Å². The van der Waals surface area contributed by atoms with Crippen LogP contribution >= 0.6 is 31.9 Å². The van der Waals surface area contributed by atoms with Crippen molar-refractivity contribution in [2.24, 2.45) is 11.7 Å². The maximum Gasteiger partial charge on any atom is 0.173 e. The smallest absolute Gasteiger partial charge is 0.173 e. The lowest BCUT2D eigenvalue weighted by atomic mass is 9.93. The van der Waals surface area contributed by atoms with Crippen LogP contribution in [-0.4, -0.2) is 12.2 Å². The molecule has 3 nitrogen and oxygen atoms in total. The zero-order valence-electron chi connectivity index (χ0n) is 10.1. The van der Waals surface area contributed by atoms with Gasteiger partial charge in [0.15, 0.2) is 11.5 Å². The predicted octanol–water partition coefficient (Wildman–Crippen LogP) is 3.97. The number of methoxy groups -OCH3 is 1. The average Bonchev–Trinajstić information content (AvgIpc) is 2.34. The number of nitrogens with two attached hydrogens (primary N) is 1. The van der Waals surface area contributed by atoms with E-state index in [1.165, 1.54) is 7.11 Å². The van der Waals surface area contributed by atoms with E-state index in [2.05, 4.69) is 45.7 Å². The predicted molar refractivity (Wildman–Crippen MR) is 76.4 cm³/mol. The van der Waals surface area contributed by atoms with E-state index in [0.717, 1.165) is 16.5 Å². The summed E-state index contributed by atoms with van der Waals surface area (Å²) in [6.45, 7) is 4.20. The molecule has 1 unspecified atom stereocenters. The lowest BCUT2D eigenvalue weighted by molar-refractivity contribution is 0.368. The van der Waals surface area contributed by atoms with E-state index in [4.69, 9.17) is 10.5 Å². The van der Waals surface area contributed by atoms with E-state index in [1.54, 1.807) is 6.07 Å². The van der Waals surface area contributed by atoms with Gasteiger partial charge in [-0.2, -0.15) is 0 Å². The molecular formula is C12H17Br2NO2. The number of benzene rings is 1. The Kier molecular flexibility index (Phi) is 5.28. The molecule has 0 aliphatic carbocycles. The quantitative estimate of drug-likeness (QED) is 0.847. The molecule has 0 radical (unpaired) electrons. The van der Waals surface area contributed by atoms with E-state index in [9.17, 15) is 5.11 Å². The highest BCUT2D eigenvalue weighted by Gasteiger charge is 2.21. The summed E-state index contributed by atoms with van der Waals surface area (Å²) in [7, 11) is 1.52. The molecule has 0 heterocycles. The first-order chi connectivity index (χ1) is 7.93. The molecule has 0 saturated carbocycles. The van der Waals surface area contributed by atoms with Crippen molar-refractivity contribution in [3.63, 3.8) is 0 Å². The van der Waals surface area contributed by atoms with Crippen LogP contribution in [-0.2, 0) is 0 Å². The molecule has 0 fully saturated rings. The number of phenols is 1. The second kappa shape index (κ2) is 6.07. The average molecular weight is 367 g/mol. The van der Waals surface area contributed by atoms with Crippen LogP contribution in [0.1, 0.15) is 31.9 Å². The van der Waals surface area contributed by atoms with Crippen LogP contribution in [0.25, 0.3) is 0 Å². The number of hydrogen-bond acceptors (Lipinski definition) is 3. The van der Waals surface area contributed by atoms with Crippen molar-refractivity contribution in [1.82, 2.24) is 0 Å². The van der Waals surface area contributed by atoms with Crippen LogP contribution in [0.5, 0.6) is 11.5 Å². The van der Waals surface area contributed by atoms with E-state index in [0.29, 0.717) is 16.1 Å². The summed E-state index contributed by atoms with van der Waals surface area (Å²) in [5, 5.41) is 9.84. The van der Waals surface area contributed by atoms with Crippen molar-refractivity contribution in [3.05, 3.63) is 20.6 Å². The SMILES string of the molecule is CCC(C)[C@@H](N)c1cc(OC)c(O)c(Br)c1Br. The first-order valence-corrected chi connectivity index (χ1v) is 7.03. The number of rotatable bonds is 4. The Bertz CT molecular complexity index is 410. The molecule has 17 heavy (non-hydrogen) atoms. The Morgan fingerprint density at radius 2 is 2.00 bits per heavy atom. The minimum atomic E-state index is -0.0971. The third-order valence-corrected chi connectivity index (χ3v) is 5.17. The second-order valence-electron chi connectivity index (χ2n) is 4.06. The fraction of sp³-hybridized carbons (Fsp3) is 0.500. The Morgan fingerprint density at radius 1 is 1.41 bits per heavy atom. The summed E-state index contributed by atoms with van der Waals surface area (Å²) in [5.74, 6) is 0.862. The molecule has 0 saturated heterocycles. The van der Waals surface area contributed by atoms with Crippen molar-refractivity contribution in [3.8, 4) is 11.5 Å². The minimum Gasteiger partial charge on any atom is -0.503 e. The molecule has 1 aromatic rings. The Morgan fingerprint density at radius 3 is 2.47 bits per heavy atom. The fourth-order valence-corrected chi connectivity index (χ4v) is 2.56. The summed E-state index contributed by atoms with van der Waals surface area (Å²) in [4.78, 5) is 0. The second-order valence-corrected chi connectivity index (χ2v) is 5.64. The first-order valence-electron chi connectivity index (χ1n) is 5.44. The number of hydrogen-bond donors (Lipinski definition) is 2. The van der Waals surface area contributed by atoms with Crippen molar-refractivity contribution >= 4 is 31.9 Å². The van der Waals surface area contributed by atoms with Crippen molar-refractivity contribution < 1.29 is 9.84 Å². The van der Waals surface area contributed by atoms with Gasteiger partial charge < -0.3 is 15.6 Å². The van der Waals surface area contributed by atoms with E-state index < -0.39 is 0 Å². The van der Waals surface area contributed by atoms with Crippen LogP contribution in [0.2, 0.25) is 0 Å². The van der Waals surface area contributed by atoms with Crippen LogP contribution in [0.4, 0.5) is 0 Å². The van der Waals surface area contributed by atoms with Crippen molar-refractivity contribution in [1.29, 1.82) is 0 Å². The molecule has 0 aliphatic heterocycles. The molecule has 2 atom stereocenters. The molecule has 0 spiro atoms. The summed E-state index contributed by atoms with van der Waals surface area (Å²) >= 11 is 6.78. The highest BCUT2D eigenvalue weighted by Crippen LogP contribution is 2.44. The van der Waals surface area contributed by atoms with Gasteiger partial charge in [0, 0.05) is 10.5 Å². The van der Waals surface area contributed by atoms with E-state index in [-0.39, 0.29) is 11.8 Å². The lowest BCUT2D eigenvalue weighted by Gasteiger charge is -2.22. The third kappa shape index (κ3) is 2.95. The standard InChI is InChI=1S/C12H17Br2NO2/c1-4-6(2)11(15)7-5-8(17-3)12(16)10(14)9(7)13/h5-6,11,16H,4,15H2,1-3H3/t6?,11-/m1/s1. The molecule has 0 bridgehead atoms. The molecular weight excluding hydrogens is 350 g/mol. The lowest BCUT2D eigenvalue weighted by Crippen LogP contribution is -2.19. The molecule has 1 aromatic carbocycles. The number of ether oxygens (including phenoxy) is 1. The topological polar surface area (TPSA) is 55.5 Å². The molecule has 0 aromatic heterocycles. The van der Waals surface area contributed by atoms with Gasteiger partial charge in [0.2, 0.25) is 0 Å². The van der Waals surface area contributed by atoms with E-state index in [1.807, 2.05) is 0 Å². The van der Waals surface area contributed by atoms with Gasteiger partial charge >= 0.3 is 0 Å². The Balaban J connectivity index is 3.29. The normalized spacial score (nSPS) is 14.5. The zero-order valence-corrected chi connectivity index (χ0v) is 13.3. The zero-order chi connectivity index (χ0) is 13.2. The molecule has 5 heteroatoms. The number of phenolic OH excluding ortho intramolecular Hbond substituents is 1. The van der Waals surface area contributed by atoms with Crippen molar-refractivity contribution in [2.75, 3.05) is 7.11 Å². The maximum atomic E-state index is 9.84. The number of aromatic hydroxyl groups is 1. The number of halogens is 2. The first kappa shape index (κ1) is 14.8. The van der Waals surface area contributed by atoms with Gasteiger partial charge in [0.25, 0.3) is 0 Å². The largest absolute Gasteiger partial charge is 0.503 e. The van der Waals surface area contributed by atoms with Gasteiger partial charge in [-0.05, 0) is 49.4 Å². The summed E-state index contributed by atoms with van der Waals surface area (Å²) in [5.41, 5.74) is 7.14. The summed E-state index contributed by atoms with van der Waals surface area (Å²) < 4.78 is 6.48. The third-order valence-electron chi connectivity index (χ3n) is 3.01. The molecule has 96 valence electrons. The molecule has 0 aliphatic rings. The minimum absolute atomic E-state index is 0.0828. The van der Waals surface area contributed by atoms with Gasteiger partial charge in [-0.1, -0.05) is 20.3 Å². The molecule has 0 amide bonds. The van der Waals surface area contributed by atoms with Crippen molar-refractivity contribution in [2.45, 2.75) is 26.3 Å². The highest BCUT2D eigenvalue weighted by molar-refractivity contribution is 9.13. The Labute approximate surface area is 119 Å². The van der Waals surface area contributed by atoms with Gasteiger partial charge in [0.05, 0.1) is 11.6 Å². The molecule has 3 N–H and O–H groups in total. The van der Waals surface area contributed by atoms with Gasteiger partial charge in [-0.25, -0.2) is 0 Å². The van der Waals surface area contributed by atoms with Crippen LogP contribution in [0.15, 0.2) is 15.0 Å². The van der Waals surface area contributed by atoms with Gasteiger partial charge in [0.1, 0.15) is 0 Å². The molecule has 1 rings (SSSR count). The Hall–Kier alpha value is -0.260. The monoisotopic (exact) mass is 365 g/mol. The van der Waals surface area contributed by atoms with Crippen LogP contribution in [0.3, 0.4) is 0 Å². The fourth-order valence-electron chi connectivity index (χ4n) is 1.57. The van der Waals surface area contributed by atoms with Gasteiger partial charge in [-0.15, -0.1) is 0 Å². The van der Waals surface area contributed by atoms with Crippen LogP contribution in [0, 0.1) is 5.92 Å². The summed E-state index contributed by atoms with van der Waals surface area (Å²) in [6, 6.07) is 1.68. The maximum absolute atomic E-state index is 9.84. The van der Waals surface area contributed by atoms with E-state index >= 15 is 0 Å². The summed E-state index contributed by atoms with van der Waals surface area (Å²) in [6.07, 6.45) is 0.994. The highest BCUT2D eigenvalue weighted by atomic mass is 79.9. The van der Waals surface area contributed by atoms with Crippen LogP contribution < -0.4 is 10.5 Å².